The second kappa shape index (κ2) is 5.90. The van der Waals surface area contributed by atoms with E-state index in [9.17, 15) is 9.59 Å². The first-order valence-corrected chi connectivity index (χ1v) is 8.45. The van der Waals surface area contributed by atoms with E-state index in [4.69, 9.17) is 4.74 Å². The molecular formula is C11H14BrN3O3S2. The number of thioether (sulfide) groups is 1. The summed E-state index contributed by atoms with van der Waals surface area (Å²) in [6, 6.07) is 0. The topological polar surface area (TPSA) is 71.5 Å². The van der Waals surface area contributed by atoms with Crippen molar-refractivity contribution in [3.05, 3.63) is 9.98 Å². The Morgan fingerprint density at radius 3 is 2.85 bits per heavy atom. The second-order valence-electron chi connectivity index (χ2n) is 5.12. The van der Waals surface area contributed by atoms with Crippen LogP contribution in [0.15, 0.2) is 9.98 Å². The predicted molar refractivity (Wildman–Crippen MR) is 82.9 cm³/mol. The zero-order valence-corrected chi connectivity index (χ0v) is 14.4. The summed E-state index contributed by atoms with van der Waals surface area (Å²) < 4.78 is 5.99. The smallest absolute Gasteiger partial charge is 0.409 e. The van der Waals surface area contributed by atoms with Crippen LogP contribution in [0.2, 0.25) is 0 Å². The monoisotopic (exact) mass is 379 g/mol. The molecule has 2 amide bonds. The Labute approximate surface area is 133 Å². The number of aromatic nitrogens is 1. The number of carbonyl (C=O) groups is 2. The van der Waals surface area contributed by atoms with Crippen molar-refractivity contribution in [2.45, 2.75) is 31.7 Å². The molecule has 110 valence electrons. The Kier molecular flexibility index (Phi) is 4.60. The molecule has 0 spiro atoms. The first-order chi connectivity index (χ1) is 9.26. The molecule has 1 atom stereocenters. The van der Waals surface area contributed by atoms with Crippen LogP contribution < -0.4 is 10.2 Å². The number of ether oxygens (including phenoxy) is 1. The minimum Gasteiger partial charge on any atom is -0.425 e. The zero-order chi connectivity index (χ0) is 14.9. The maximum atomic E-state index is 12.2. The first kappa shape index (κ1) is 15.6. The summed E-state index contributed by atoms with van der Waals surface area (Å²) in [7, 11) is 0. The molecular weight excluding hydrogens is 366 g/mol. The summed E-state index contributed by atoms with van der Waals surface area (Å²) in [4.78, 5) is 29.5. The molecule has 1 aromatic heterocycles. The highest BCUT2D eigenvalue weighted by Crippen LogP contribution is 2.34. The molecule has 0 bridgehead atoms. The van der Waals surface area contributed by atoms with E-state index in [1.54, 1.807) is 6.20 Å². The minimum atomic E-state index is -0.819. The van der Waals surface area contributed by atoms with Crippen molar-refractivity contribution >= 4 is 56.2 Å². The van der Waals surface area contributed by atoms with Gasteiger partial charge in [0.1, 0.15) is 0 Å². The van der Waals surface area contributed by atoms with Crippen molar-refractivity contribution in [3.8, 4) is 0 Å². The van der Waals surface area contributed by atoms with Crippen LogP contribution in [-0.2, 0) is 9.53 Å². The first-order valence-electron chi connectivity index (χ1n) is 5.79. The Hall–Kier alpha value is -0.800. The lowest BCUT2D eigenvalue weighted by molar-refractivity contribution is -0.122. The summed E-state index contributed by atoms with van der Waals surface area (Å²) in [5, 5.41) is 3.25. The molecule has 1 N–H and O–H groups in total. The minimum absolute atomic E-state index is 0.263. The summed E-state index contributed by atoms with van der Waals surface area (Å²) in [6.45, 7) is 5.53. The van der Waals surface area contributed by atoms with E-state index >= 15 is 0 Å². The van der Waals surface area contributed by atoms with Crippen LogP contribution in [0.4, 0.5) is 9.93 Å². The highest BCUT2D eigenvalue weighted by atomic mass is 79.9. The molecule has 1 fully saturated rings. The maximum Gasteiger partial charge on any atom is 0.409 e. The van der Waals surface area contributed by atoms with E-state index in [0.717, 1.165) is 3.79 Å². The molecule has 20 heavy (non-hydrogen) atoms. The molecule has 0 aliphatic carbocycles. The third-order valence-corrected chi connectivity index (χ3v) is 4.72. The Morgan fingerprint density at radius 1 is 1.60 bits per heavy atom. The molecule has 1 unspecified atom stereocenters. The van der Waals surface area contributed by atoms with E-state index in [0.29, 0.717) is 11.0 Å². The number of nitrogens with zero attached hydrogens (tertiary/aromatic N) is 2. The van der Waals surface area contributed by atoms with E-state index < -0.39 is 17.1 Å². The van der Waals surface area contributed by atoms with Crippen molar-refractivity contribution in [1.82, 2.24) is 10.3 Å². The van der Waals surface area contributed by atoms with Crippen molar-refractivity contribution in [1.29, 1.82) is 0 Å². The molecule has 0 aromatic carbocycles. The van der Waals surface area contributed by atoms with Gasteiger partial charge in [0.25, 0.3) is 5.91 Å². The number of hydrogen-bond donors (Lipinski definition) is 1. The van der Waals surface area contributed by atoms with Crippen molar-refractivity contribution in [2.24, 2.45) is 0 Å². The SMILES string of the molecule is CC(C)(C)NC(=O)OC1SCN(c2ncc(Br)s2)C1=O. The maximum absolute atomic E-state index is 12.2. The average molecular weight is 380 g/mol. The molecule has 1 aliphatic heterocycles. The average Bonchev–Trinajstić information content (AvgIpc) is 2.84. The number of alkyl carbamates (subject to hydrolysis) is 1. The lowest BCUT2D eigenvalue weighted by atomic mass is 10.1. The normalized spacial score (nSPS) is 19.3. The Bertz CT molecular complexity index is 529. The Balaban J connectivity index is 1.96. The fraction of sp³-hybridized carbons (Fsp3) is 0.545. The fourth-order valence-corrected chi connectivity index (χ4v) is 3.67. The summed E-state index contributed by atoms with van der Waals surface area (Å²) in [5.74, 6) is 0.160. The molecule has 1 saturated heterocycles. The van der Waals surface area contributed by atoms with Gasteiger partial charge in [0.15, 0.2) is 5.13 Å². The number of halogens is 1. The van der Waals surface area contributed by atoms with Gasteiger partial charge in [-0.25, -0.2) is 9.78 Å². The third-order valence-electron chi connectivity index (χ3n) is 2.21. The number of thiazole rings is 1. The lowest BCUT2D eigenvalue weighted by Gasteiger charge is -2.21. The van der Waals surface area contributed by atoms with Gasteiger partial charge in [-0.15, -0.1) is 0 Å². The number of nitrogens with one attached hydrogen (secondary N) is 1. The summed E-state index contributed by atoms with van der Waals surface area (Å²) in [5.41, 5.74) is -1.22. The van der Waals surface area contributed by atoms with Crippen molar-refractivity contribution in [2.75, 3.05) is 10.8 Å². The third kappa shape index (κ3) is 3.86. The van der Waals surface area contributed by atoms with Gasteiger partial charge < -0.3 is 10.1 Å². The van der Waals surface area contributed by atoms with E-state index in [2.05, 4.69) is 26.2 Å². The van der Waals surface area contributed by atoms with Gasteiger partial charge in [0, 0.05) is 5.54 Å². The number of hydrogen-bond acceptors (Lipinski definition) is 6. The zero-order valence-electron chi connectivity index (χ0n) is 11.2. The molecule has 1 aromatic rings. The van der Waals surface area contributed by atoms with Crippen molar-refractivity contribution < 1.29 is 14.3 Å². The van der Waals surface area contributed by atoms with Crippen LogP contribution in [-0.4, -0.2) is 33.8 Å². The lowest BCUT2D eigenvalue weighted by Crippen LogP contribution is -2.43. The number of carbonyl (C=O) groups excluding carboxylic acids is 2. The number of amides is 2. The van der Waals surface area contributed by atoms with Crippen LogP contribution in [0.1, 0.15) is 20.8 Å². The van der Waals surface area contributed by atoms with Gasteiger partial charge in [-0.1, -0.05) is 23.1 Å². The largest absolute Gasteiger partial charge is 0.425 e. The second-order valence-corrected chi connectivity index (χ2v) is 8.53. The quantitative estimate of drug-likeness (QED) is 0.854. The molecule has 2 rings (SSSR count). The summed E-state index contributed by atoms with van der Waals surface area (Å²) in [6.07, 6.45) is 1.05. The standard InChI is InChI=1S/C11H14BrN3O3S2/c1-11(2,3)14-10(17)18-8-7(16)15(5-19-8)9-13-4-6(12)20-9/h4,8H,5H2,1-3H3,(H,14,17). The van der Waals surface area contributed by atoms with Gasteiger partial charge in [-0.3, -0.25) is 9.69 Å². The molecule has 0 radical (unpaired) electrons. The van der Waals surface area contributed by atoms with Gasteiger partial charge in [-0.05, 0) is 36.7 Å². The van der Waals surface area contributed by atoms with Gasteiger partial charge in [0.05, 0.1) is 15.9 Å². The number of rotatable bonds is 2. The van der Waals surface area contributed by atoms with Crippen LogP contribution in [0.5, 0.6) is 0 Å². The highest BCUT2D eigenvalue weighted by Gasteiger charge is 2.38. The molecule has 6 nitrogen and oxygen atoms in total. The van der Waals surface area contributed by atoms with Crippen molar-refractivity contribution in [3.63, 3.8) is 0 Å². The molecule has 0 saturated carbocycles. The van der Waals surface area contributed by atoms with Gasteiger partial charge in [-0.2, -0.15) is 0 Å². The molecule has 2 heterocycles. The Morgan fingerprint density at radius 2 is 2.30 bits per heavy atom. The van der Waals surface area contributed by atoms with Crippen LogP contribution in [0, 0.1) is 0 Å². The van der Waals surface area contributed by atoms with E-state index in [1.165, 1.54) is 28.0 Å². The van der Waals surface area contributed by atoms with E-state index in [1.807, 2.05) is 20.8 Å². The van der Waals surface area contributed by atoms with Gasteiger partial charge in [0.2, 0.25) is 5.44 Å². The van der Waals surface area contributed by atoms with Crippen LogP contribution in [0.3, 0.4) is 0 Å². The molecule has 1 aliphatic rings. The van der Waals surface area contributed by atoms with Crippen LogP contribution in [0.25, 0.3) is 0 Å². The summed E-state index contributed by atoms with van der Waals surface area (Å²) >= 11 is 5.93. The van der Waals surface area contributed by atoms with Gasteiger partial charge >= 0.3 is 6.09 Å². The number of anilines is 1. The molecule has 9 heteroatoms. The predicted octanol–water partition coefficient (Wildman–Crippen LogP) is 2.79. The van der Waals surface area contributed by atoms with E-state index in [-0.39, 0.29) is 5.91 Å². The highest BCUT2D eigenvalue weighted by molar-refractivity contribution is 9.11. The fourth-order valence-electron chi connectivity index (χ4n) is 1.44. The van der Waals surface area contributed by atoms with Crippen LogP contribution >= 0.6 is 39.0 Å².